The lowest BCUT2D eigenvalue weighted by molar-refractivity contribution is -0.117. The number of halogens is 1. The summed E-state index contributed by atoms with van der Waals surface area (Å²) in [5.41, 5.74) is 4.07. The summed E-state index contributed by atoms with van der Waals surface area (Å²) >= 11 is 0. The zero-order valence-corrected chi connectivity index (χ0v) is 18.8. The summed E-state index contributed by atoms with van der Waals surface area (Å²) < 4.78 is 0. The van der Waals surface area contributed by atoms with Gasteiger partial charge in [-0.3, -0.25) is 9.78 Å². The van der Waals surface area contributed by atoms with Crippen LogP contribution in [0, 0.1) is 6.92 Å². The van der Waals surface area contributed by atoms with E-state index in [1.165, 1.54) is 0 Å². The monoisotopic (exact) mass is 493 g/mol. The van der Waals surface area contributed by atoms with Gasteiger partial charge in [-0.2, -0.15) is 0 Å². The number of aryl methyl sites for hydroxylation is 1. The Morgan fingerprint density at radius 1 is 1.18 bits per heavy atom. The number of hydrogen-bond acceptors (Lipinski definition) is 3. The zero-order valence-electron chi connectivity index (χ0n) is 16.4. The predicted octanol–water partition coefficient (Wildman–Crippen LogP) is 3.39. The Kier molecular flexibility index (Phi) is 8.69. The van der Waals surface area contributed by atoms with Gasteiger partial charge in [0.25, 0.3) is 0 Å². The van der Waals surface area contributed by atoms with Crippen LogP contribution < -0.4 is 15.5 Å². The number of pyridine rings is 1. The number of anilines is 1. The lowest BCUT2D eigenvalue weighted by Gasteiger charge is -2.16. The molecule has 1 aliphatic rings. The van der Waals surface area contributed by atoms with E-state index in [1.807, 2.05) is 61.2 Å². The van der Waals surface area contributed by atoms with E-state index in [0.29, 0.717) is 19.5 Å². The summed E-state index contributed by atoms with van der Waals surface area (Å²) in [5.74, 6) is 0.976. The first-order valence-electron chi connectivity index (χ1n) is 9.49. The van der Waals surface area contributed by atoms with Crippen LogP contribution in [0.5, 0.6) is 0 Å². The van der Waals surface area contributed by atoms with Gasteiger partial charge in [-0.25, -0.2) is 4.99 Å². The van der Waals surface area contributed by atoms with Gasteiger partial charge in [0, 0.05) is 30.9 Å². The quantitative estimate of drug-likeness (QED) is 0.368. The summed E-state index contributed by atoms with van der Waals surface area (Å²) in [7, 11) is 0. The summed E-state index contributed by atoms with van der Waals surface area (Å²) in [6.07, 6.45) is 1.60. The molecule has 6 nitrogen and oxygen atoms in total. The average molecular weight is 493 g/mol. The highest BCUT2D eigenvalue weighted by molar-refractivity contribution is 14.0. The van der Waals surface area contributed by atoms with Gasteiger partial charge in [0.2, 0.25) is 5.91 Å². The van der Waals surface area contributed by atoms with Crippen molar-refractivity contribution in [2.45, 2.75) is 39.8 Å². The van der Waals surface area contributed by atoms with Crippen molar-refractivity contribution in [1.29, 1.82) is 0 Å². The largest absolute Gasteiger partial charge is 0.357 e. The van der Waals surface area contributed by atoms with Crippen LogP contribution in [0.25, 0.3) is 0 Å². The van der Waals surface area contributed by atoms with Gasteiger partial charge in [0.15, 0.2) is 5.96 Å². The first-order chi connectivity index (χ1) is 13.2. The van der Waals surface area contributed by atoms with Gasteiger partial charge in [-0.15, -0.1) is 24.0 Å². The van der Waals surface area contributed by atoms with E-state index in [1.54, 1.807) is 0 Å². The number of carbonyl (C=O) groups is 1. The smallest absolute Gasteiger partial charge is 0.227 e. The molecule has 1 saturated heterocycles. The first-order valence-corrected chi connectivity index (χ1v) is 9.49. The van der Waals surface area contributed by atoms with E-state index in [0.717, 1.165) is 48.1 Å². The summed E-state index contributed by atoms with van der Waals surface area (Å²) in [4.78, 5) is 22.8. The maximum Gasteiger partial charge on any atom is 0.227 e. The van der Waals surface area contributed by atoms with Crippen molar-refractivity contribution in [3.63, 3.8) is 0 Å². The fourth-order valence-corrected chi connectivity index (χ4v) is 3.09. The molecule has 1 fully saturated rings. The number of benzene rings is 1. The highest BCUT2D eigenvalue weighted by atomic mass is 127. The van der Waals surface area contributed by atoms with Crippen LogP contribution in [0.15, 0.2) is 47.5 Å². The third-order valence-electron chi connectivity index (χ3n) is 4.47. The molecule has 0 unspecified atom stereocenters. The fourth-order valence-electron chi connectivity index (χ4n) is 3.09. The lowest BCUT2D eigenvalue weighted by atomic mass is 10.2. The molecule has 2 N–H and O–H groups in total. The number of nitrogens with one attached hydrogen (secondary N) is 2. The molecule has 0 bridgehead atoms. The molecule has 7 heteroatoms. The zero-order chi connectivity index (χ0) is 19.1. The Balaban J connectivity index is 0.00000280. The molecular formula is C21H28IN5O. The molecule has 0 saturated carbocycles. The number of aromatic nitrogens is 1. The second kappa shape index (κ2) is 11.0. The van der Waals surface area contributed by atoms with Crippen LogP contribution in [0.1, 0.15) is 36.7 Å². The number of aliphatic imine (C=N–C) groups is 1. The Morgan fingerprint density at radius 2 is 1.96 bits per heavy atom. The van der Waals surface area contributed by atoms with Crippen LogP contribution in [-0.2, 0) is 17.9 Å². The normalized spacial score (nSPS) is 14.0. The molecule has 1 aliphatic heterocycles. The molecule has 150 valence electrons. The average Bonchev–Trinajstić information content (AvgIpc) is 3.10. The Morgan fingerprint density at radius 3 is 2.61 bits per heavy atom. The summed E-state index contributed by atoms with van der Waals surface area (Å²) in [6, 6.07) is 14.1. The van der Waals surface area contributed by atoms with Crippen molar-refractivity contribution < 1.29 is 4.79 Å². The van der Waals surface area contributed by atoms with Crippen LogP contribution in [0.4, 0.5) is 5.69 Å². The van der Waals surface area contributed by atoms with Crippen molar-refractivity contribution in [3.8, 4) is 0 Å². The minimum Gasteiger partial charge on any atom is -0.357 e. The second-order valence-electron chi connectivity index (χ2n) is 6.63. The molecular weight excluding hydrogens is 465 g/mol. The van der Waals surface area contributed by atoms with E-state index in [9.17, 15) is 4.79 Å². The highest BCUT2D eigenvalue weighted by Gasteiger charge is 2.21. The topological polar surface area (TPSA) is 69.6 Å². The first kappa shape index (κ1) is 22.1. The van der Waals surface area contributed by atoms with Crippen molar-refractivity contribution in [3.05, 3.63) is 59.4 Å². The molecule has 0 atom stereocenters. The second-order valence-corrected chi connectivity index (χ2v) is 6.63. The molecule has 0 radical (unpaired) electrons. The van der Waals surface area contributed by atoms with Crippen molar-refractivity contribution in [1.82, 2.24) is 15.6 Å². The van der Waals surface area contributed by atoms with Crippen LogP contribution in [0.3, 0.4) is 0 Å². The number of carbonyl (C=O) groups excluding carboxylic acids is 1. The van der Waals surface area contributed by atoms with E-state index in [-0.39, 0.29) is 29.9 Å². The molecule has 1 amide bonds. The van der Waals surface area contributed by atoms with E-state index in [4.69, 9.17) is 0 Å². The summed E-state index contributed by atoms with van der Waals surface area (Å²) in [6.45, 7) is 6.85. The molecule has 1 aromatic heterocycles. The summed E-state index contributed by atoms with van der Waals surface area (Å²) in [5, 5.41) is 6.58. The van der Waals surface area contributed by atoms with Crippen molar-refractivity contribution in [2.24, 2.45) is 4.99 Å². The molecule has 0 aliphatic carbocycles. The molecule has 2 heterocycles. The van der Waals surface area contributed by atoms with E-state index >= 15 is 0 Å². The van der Waals surface area contributed by atoms with Gasteiger partial charge < -0.3 is 15.5 Å². The minimum atomic E-state index is 0. The van der Waals surface area contributed by atoms with Crippen LogP contribution >= 0.6 is 24.0 Å². The molecule has 3 rings (SSSR count). The van der Waals surface area contributed by atoms with Gasteiger partial charge in [-0.1, -0.05) is 18.2 Å². The SMILES string of the molecule is CCNC(=NCc1ccc(N2CCCC2=O)cc1)NCc1cccc(C)n1.I. The van der Waals surface area contributed by atoms with E-state index in [2.05, 4.69) is 20.6 Å². The fraction of sp³-hybridized carbons (Fsp3) is 0.381. The van der Waals surface area contributed by atoms with Crippen molar-refractivity contribution in [2.75, 3.05) is 18.0 Å². The number of hydrogen-bond donors (Lipinski definition) is 2. The maximum absolute atomic E-state index is 11.8. The lowest BCUT2D eigenvalue weighted by Crippen LogP contribution is -2.37. The third-order valence-corrected chi connectivity index (χ3v) is 4.47. The Hall–Kier alpha value is -2.16. The maximum atomic E-state index is 11.8. The Bertz CT molecular complexity index is 807. The van der Waals surface area contributed by atoms with Crippen LogP contribution in [0.2, 0.25) is 0 Å². The van der Waals surface area contributed by atoms with Gasteiger partial charge in [0.05, 0.1) is 18.8 Å². The van der Waals surface area contributed by atoms with Crippen molar-refractivity contribution >= 4 is 41.5 Å². The number of guanidine groups is 1. The third kappa shape index (κ3) is 6.19. The van der Waals surface area contributed by atoms with Gasteiger partial charge in [-0.05, 0) is 50.1 Å². The molecule has 28 heavy (non-hydrogen) atoms. The van der Waals surface area contributed by atoms with E-state index < -0.39 is 0 Å². The standard InChI is InChI=1S/C21H27N5O.HI/c1-3-22-21(24-15-18-7-4-6-16(2)25-18)23-14-17-9-11-19(12-10-17)26-13-5-8-20(26)27;/h4,6-7,9-12H,3,5,8,13-15H2,1-2H3,(H2,22,23,24);1H. The number of nitrogens with zero attached hydrogens (tertiary/aromatic N) is 3. The minimum absolute atomic E-state index is 0. The molecule has 0 spiro atoms. The molecule has 2 aromatic rings. The number of rotatable bonds is 6. The highest BCUT2D eigenvalue weighted by Crippen LogP contribution is 2.21. The molecule has 1 aromatic carbocycles. The predicted molar refractivity (Wildman–Crippen MR) is 124 cm³/mol. The van der Waals surface area contributed by atoms with Gasteiger partial charge >= 0.3 is 0 Å². The van der Waals surface area contributed by atoms with Crippen LogP contribution in [-0.4, -0.2) is 29.9 Å². The number of amides is 1. The Labute approximate surface area is 183 Å². The van der Waals surface area contributed by atoms with Gasteiger partial charge in [0.1, 0.15) is 0 Å².